The smallest absolute Gasteiger partial charge is 0.240 e. The van der Waals surface area contributed by atoms with E-state index in [-0.39, 0.29) is 4.90 Å². The summed E-state index contributed by atoms with van der Waals surface area (Å²) in [4.78, 5) is 0.129. The van der Waals surface area contributed by atoms with Crippen molar-refractivity contribution in [1.29, 1.82) is 0 Å². The van der Waals surface area contributed by atoms with Gasteiger partial charge < -0.3 is 10.6 Å². The number of primary sulfonamides is 1. The van der Waals surface area contributed by atoms with Gasteiger partial charge in [-0.2, -0.15) is 0 Å². The van der Waals surface area contributed by atoms with Crippen molar-refractivity contribution in [3.05, 3.63) is 24.3 Å². The van der Waals surface area contributed by atoms with E-state index in [1.54, 1.807) is 18.2 Å². The molecule has 96 valence electrons. The van der Waals surface area contributed by atoms with Crippen LogP contribution in [-0.2, 0) is 10.0 Å². The third-order valence-corrected chi connectivity index (χ3v) is 3.16. The number of benzene rings is 1. The van der Waals surface area contributed by atoms with E-state index in [1.807, 2.05) is 0 Å². The van der Waals surface area contributed by atoms with Gasteiger partial charge in [0, 0.05) is 19.1 Å². The maximum Gasteiger partial charge on any atom is 0.240 e. The SMILES string of the molecule is CC(C)NCCNc1ccccc1S(N)(=O)=O. The summed E-state index contributed by atoms with van der Waals surface area (Å²) in [7, 11) is -3.67. The Morgan fingerprint density at radius 2 is 1.88 bits per heavy atom. The molecule has 6 heteroatoms. The number of rotatable bonds is 6. The molecule has 0 unspecified atom stereocenters. The van der Waals surface area contributed by atoms with E-state index >= 15 is 0 Å². The predicted molar refractivity (Wildman–Crippen MR) is 69.4 cm³/mol. The van der Waals surface area contributed by atoms with Crippen molar-refractivity contribution < 1.29 is 8.42 Å². The Kier molecular flexibility index (Phi) is 4.92. The van der Waals surface area contributed by atoms with Crippen molar-refractivity contribution in [2.45, 2.75) is 24.8 Å². The highest BCUT2D eigenvalue weighted by Crippen LogP contribution is 2.18. The molecule has 0 amide bonds. The van der Waals surface area contributed by atoms with Crippen LogP contribution in [-0.4, -0.2) is 27.5 Å². The highest BCUT2D eigenvalue weighted by molar-refractivity contribution is 7.89. The molecule has 0 bridgehead atoms. The van der Waals surface area contributed by atoms with Crippen LogP contribution in [0.2, 0.25) is 0 Å². The van der Waals surface area contributed by atoms with Crippen LogP contribution in [0.25, 0.3) is 0 Å². The summed E-state index contributed by atoms with van der Waals surface area (Å²) in [6.45, 7) is 5.51. The van der Waals surface area contributed by atoms with Gasteiger partial charge in [-0.05, 0) is 12.1 Å². The van der Waals surface area contributed by atoms with E-state index in [0.717, 1.165) is 6.54 Å². The van der Waals surface area contributed by atoms with E-state index in [0.29, 0.717) is 18.3 Å². The fourth-order valence-corrected chi connectivity index (χ4v) is 2.13. The van der Waals surface area contributed by atoms with Gasteiger partial charge in [0.1, 0.15) is 4.90 Å². The first kappa shape index (κ1) is 14.0. The molecule has 5 nitrogen and oxygen atoms in total. The number of hydrogen-bond donors (Lipinski definition) is 3. The van der Waals surface area contributed by atoms with Crippen LogP contribution < -0.4 is 15.8 Å². The molecular formula is C11H19N3O2S. The van der Waals surface area contributed by atoms with Gasteiger partial charge in [-0.15, -0.1) is 0 Å². The third kappa shape index (κ3) is 4.72. The zero-order chi connectivity index (χ0) is 12.9. The minimum atomic E-state index is -3.67. The first-order valence-electron chi connectivity index (χ1n) is 5.50. The molecule has 17 heavy (non-hydrogen) atoms. The van der Waals surface area contributed by atoms with Gasteiger partial charge in [-0.3, -0.25) is 0 Å². The number of para-hydroxylation sites is 1. The number of nitrogens with one attached hydrogen (secondary N) is 2. The van der Waals surface area contributed by atoms with Crippen LogP contribution in [0.15, 0.2) is 29.2 Å². The fraction of sp³-hybridized carbons (Fsp3) is 0.455. The Bertz CT molecular complexity index is 458. The average molecular weight is 257 g/mol. The largest absolute Gasteiger partial charge is 0.383 e. The summed E-state index contributed by atoms with van der Waals surface area (Å²) in [5, 5.41) is 11.4. The molecule has 0 radical (unpaired) electrons. The highest BCUT2D eigenvalue weighted by atomic mass is 32.2. The number of hydrogen-bond acceptors (Lipinski definition) is 4. The summed E-state index contributed by atoms with van der Waals surface area (Å²) >= 11 is 0. The monoisotopic (exact) mass is 257 g/mol. The normalized spacial score (nSPS) is 11.8. The Balaban J connectivity index is 2.65. The second-order valence-electron chi connectivity index (χ2n) is 4.08. The zero-order valence-corrected chi connectivity index (χ0v) is 10.9. The molecule has 0 aliphatic heterocycles. The topological polar surface area (TPSA) is 84.2 Å². The van der Waals surface area contributed by atoms with Gasteiger partial charge in [0.2, 0.25) is 10.0 Å². The summed E-state index contributed by atoms with van der Waals surface area (Å²) < 4.78 is 22.6. The first-order chi connectivity index (χ1) is 7.91. The molecule has 4 N–H and O–H groups in total. The van der Waals surface area contributed by atoms with E-state index in [4.69, 9.17) is 5.14 Å². The van der Waals surface area contributed by atoms with Crippen LogP contribution in [0.1, 0.15) is 13.8 Å². The molecule has 1 aromatic rings. The molecule has 0 aliphatic carbocycles. The minimum absolute atomic E-state index is 0.129. The maximum atomic E-state index is 11.3. The Morgan fingerprint density at radius 1 is 1.24 bits per heavy atom. The molecule has 0 saturated carbocycles. The third-order valence-electron chi connectivity index (χ3n) is 2.19. The van der Waals surface area contributed by atoms with E-state index in [9.17, 15) is 8.42 Å². The van der Waals surface area contributed by atoms with Crippen molar-refractivity contribution in [2.24, 2.45) is 5.14 Å². The van der Waals surface area contributed by atoms with Crippen molar-refractivity contribution in [3.8, 4) is 0 Å². The van der Waals surface area contributed by atoms with E-state index < -0.39 is 10.0 Å². The lowest BCUT2D eigenvalue weighted by Crippen LogP contribution is -2.28. The Labute approximate surface area is 102 Å². The molecule has 0 heterocycles. The number of anilines is 1. The van der Waals surface area contributed by atoms with Crippen molar-refractivity contribution in [1.82, 2.24) is 5.32 Å². The second kappa shape index (κ2) is 6.00. The standard InChI is InChI=1S/C11H19N3O2S/c1-9(2)13-7-8-14-10-5-3-4-6-11(10)17(12,15)16/h3-6,9,13-14H,7-8H2,1-2H3,(H2,12,15,16). The highest BCUT2D eigenvalue weighted by Gasteiger charge is 2.12. The van der Waals surface area contributed by atoms with Crippen molar-refractivity contribution in [2.75, 3.05) is 18.4 Å². The molecular weight excluding hydrogens is 238 g/mol. The lowest BCUT2D eigenvalue weighted by Gasteiger charge is -2.12. The first-order valence-corrected chi connectivity index (χ1v) is 7.05. The number of sulfonamides is 1. The average Bonchev–Trinajstić information content (AvgIpc) is 2.23. The van der Waals surface area contributed by atoms with Gasteiger partial charge in [0.15, 0.2) is 0 Å². The Morgan fingerprint density at radius 3 is 2.47 bits per heavy atom. The van der Waals surface area contributed by atoms with Gasteiger partial charge >= 0.3 is 0 Å². The molecule has 0 saturated heterocycles. The van der Waals surface area contributed by atoms with Crippen LogP contribution >= 0.6 is 0 Å². The summed E-state index contributed by atoms with van der Waals surface area (Å²) in [5.41, 5.74) is 0.542. The maximum absolute atomic E-state index is 11.3. The quantitative estimate of drug-likeness (QED) is 0.656. The van der Waals surface area contributed by atoms with Crippen molar-refractivity contribution >= 4 is 15.7 Å². The molecule has 1 aromatic carbocycles. The number of nitrogens with two attached hydrogens (primary N) is 1. The lowest BCUT2D eigenvalue weighted by atomic mass is 10.3. The Hall–Kier alpha value is -1.11. The molecule has 0 atom stereocenters. The van der Waals surface area contributed by atoms with Crippen LogP contribution in [0.3, 0.4) is 0 Å². The van der Waals surface area contributed by atoms with E-state index in [2.05, 4.69) is 24.5 Å². The van der Waals surface area contributed by atoms with Crippen LogP contribution in [0, 0.1) is 0 Å². The molecule has 0 aliphatic rings. The summed E-state index contributed by atoms with van der Waals surface area (Å²) in [6, 6.07) is 7.03. The molecule has 0 aromatic heterocycles. The van der Waals surface area contributed by atoms with Gasteiger partial charge in [-0.1, -0.05) is 26.0 Å². The zero-order valence-electron chi connectivity index (χ0n) is 10.1. The predicted octanol–water partition coefficient (Wildman–Crippen LogP) is 0.744. The molecule has 0 fully saturated rings. The van der Waals surface area contributed by atoms with E-state index in [1.165, 1.54) is 6.07 Å². The summed E-state index contributed by atoms with van der Waals surface area (Å²) in [5.74, 6) is 0. The van der Waals surface area contributed by atoms with Gasteiger partial charge in [0.05, 0.1) is 5.69 Å². The van der Waals surface area contributed by atoms with Gasteiger partial charge in [0.25, 0.3) is 0 Å². The molecule has 0 spiro atoms. The minimum Gasteiger partial charge on any atom is -0.383 e. The molecule has 1 rings (SSSR count). The van der Waals surface area contributed by atoms with Crippen LogP contribution in [0.4, 0.5) is 5.69 Å². The lowest BCUT2D eigenvalue weighted by molar-refractivity contribution is 0.596. The van der Waals surface area contributed by atoms with Gasteiger partial charge in [-0.25, -0.2) is 13.6 Å². The summed E-state index contributed by atoms with van der Waals surface area (Å²) in [6.07, 6.45) is 0. The van der Waals surface area contributed by atoms with Crippen molar-refractivity contribution in [3.63, 3.8) is 0 Å². The fourth-order valence-electron chi connectivity index (χ4n) is 1.42. The second-order valence-corrected chi connectivity index (χ2v) is 5.61. The van der Waals surface area contributed by atoms with Crippen LogP contribution in [0.5, 0.6) is 0 Å².